The van der Waals surface area contributed by atoms with Crippen molar-refractivity contribution in [2.45, 2.75) is 19.4 Å². The lowest BCUT2D eigenvalue weighted by molar-refractivity contribution is -0.132. The minimum atomic E-state index is -0.875. The maximum absolute atomic E-state index is 13.4. The lowest BCUT2D eigenvalue weighted by Crippen LogP contribution is -2.29. The average Bonchev–Trinajstić information content (AvgIpc) is 3.21. The molecule has 190 valence electrons. The minimum Gasteiger partial charge on any atom is -0.507 e. The number of ether oxygens (including phenoxy) is 4. The molecule has 8 nitrogen and oxygen atoms in total. The normalized spacial score (nSPS) is 18.1. The summed E-state index contributed by atoms with van der Waals surface area (Å²) in [6.07, 6.45) is 0.868. The van der Waals surface area contributed by atoms with E-state index in [2.05, 4.69) is 0 Å². The van der Waals surface area contributed by atoms with Crippen molar-refractivity contribution in [1.29, 1.82) is 0 Å². The number of aliphatic hydroxyl groups excluding tert-OH is 1. The van der Waals surface area contributed by atoms with E-state index in [1.807, 2.05) is 6.92 Å². The number of amides is 1. The molecule has 1 fully saturated rings. The number of carbonyl (C=O) groups is 2. The Morgan fingerprint density at radius 2 is 1.73 bits per heavy atom. The maximum Gasteiger partial charge on any atom is 0.300 e. The summed E-state index contributed by atoms with van der Waals surface area (Å²) in [4.78, 5) is 28.2. The monoisotopic (exact) mass is 501 g/mol. The zero-order valence-electron chi connectivity index (χ0n) is 20.6. The zero-order valence-corrected chi connectivity index (χ0v) is 20.6. The van der Waals surface area contributed by atoms with Crippen molar-refractivity contribution in [3.05, 3.63) is 83.4 Å². The number of benzene rings is 3. The van der Waals surface area contributed by atoms with Crippen molar-refractivity contribution in [3.63, 3.8) is 0 Å². The summed E-state index contributed by atoms with van der Waals surface area (Å²) < 4.78 is 22.3. The first kappa shape index (κ1) is 24.2. The Morgan fingerprint density at radius 3 is 2.46 bits per heavy atom. The van der Waals surface area contributed by atoms with E-state index in [1.54, 1.807) is 66.7 Å². The van der Waals surface area contributed by atoms with Crippen LogP contribution in [0.4, 0.5) is 5.69 Å². The van der Waals surface area contributed by atoms with Crippen molar-refractivity contribution >= 4 is 23.1 Å². The Balaban J connectivity index is 1.64. The molecule has 2 aliphatic rings. The van der Waals surface area contributed by atoms with Crippen molar-refractivity contribution in [1.82, 2.24) is 0 Å². The Kier molecular flexibility index (Phi) is 6.72. The molecule has 0 aliphatic carbocycles. The van der Waals surface area contributed by atoms with E-state index in [1.165, 1.54) is 12.0 Å². The fraction of sp³-hybridized carbons (Fsp3) is 0.241. The van der Waals surface area contributed by atoms with Crippen LogP contribution in [-0.4, -0.2) is 43.7 Å². The van der Waals surface area contributed by atoms with Crippen LogP contribution in [-0.2, 0) is 9.59 Å². The highest BCUT2D eigenvalue weighted by atomic mass is 16.6. The number of hydrogen-bond donors (Lipinski definition) is 1. The van der Waals surface area contributed by atoms with E-state index in [0.29, 0.717) is 59.6 Å². The summed E-state index contributed by atoms with van der Waals surface area (Å²) in [5, 5.41) is 11.4. The number of carbonyl (C=O) groups excluding carboxylic acids is 2. The second-order valence-corrected chi connectivity index (χ2v) is 8.65. The van der Waals surface area contributed by atoms with E-state index in [-0.39, 0.29) is 11.3 Å². The molecule has 0 radical (unpaired) electrons. The Hall–Kier alpha value is -4.46. The van der Waals surface area contributed by atoms with Gasteiger partial charge in [-0.2, -0.15) is 0 Å². The highest BCUT2D eigenvalue weighted by Crippen LogP contribution is 2.44. The van der Waals surface area contributed by atoms with Gasteiger partial charge in [0.2, 0.25) is 0 Å². The molecule has 1 unspecified atom stereocenters. The van der Waals surface area contributed by atoms with Crippen molar-refractivity contribution < 1.29 is 33.6 Å². The summed E-state index contributed by atoms with van der Waals surface area (Å²) in [5.41, 5.74) is 1.44. The topological polar surface area (TPSA) is 94.5 Å². The molecule has 3 aromatic carbocycles. The first-order valence-electron chi connectivity index (χ1n) is 12.1. The molecule has 37 heavy (non-hydrogen) atoms. The number of Topliss-reactive ketones (excluding diaryl/α,β-unsaturated/α-hetero) is 1. The Morgan fingerprint density at radius 1 is 0.973 bits per heavy atom. The number of rotatable bonds is 7. The second kappa shape index (κ2) is 10.3. The van der Waals surface area contributed by atoms with Crippen LogP contribution in [0.3, 0.4) is 0 Å². The number of hydrogen-bond acceptors (Lipinski definition) is 7. The number of ketones is 1. The van der Waals surface area contributed by atoms with E-state index in [4.69, 9.17) is 18.9 Å². The summed E-state index contributed by atoms with van der Waals surface area (Å²) in [6, 6.07) is 18.1. The van der Waals surface area contributed by atoms with E-state index in [0.717, 1.165) is 6.42 Å². The van der Waals surface area contributed by atoms with Crippen LogP contribution >= 0.6 is 0 Å². The molecular weight excluding hydrogens is 474 g/mol. The van der Waals surface area contributed by atoms with Gasteiger partial charge in [-0.15, -0.1) is 0 Å². The van der Waals surface area contributed by atoms with Crippen LogP contribution in [0.15, 0.2) is 72.3 Å². The van der Waals surface area contributed by atoms with Gasteiger partial charge in [0.25, 0.3) is 11.7 Å². The molecule has 1 N–H and O–H groups in total. The molecule has 1 atom stereocenters. The minimum absolute atomic E-state index is 0.0216. The lowest BCUT2D eigenvalue weighted by Gasteiger charge is -2.26. The number of aliphatic hydroxyl groups is 1. The zero-order chi connectivity index (χ0) is 25.9. The Bertz CT molecular complexity index is 1360. The maximum atomic E-state index is 13.4. The van der Waals surface area contributed by atoms with E-state index in [9.17, 15) is 14.7 Å². The number of fused-ring (bicyclic) bond motifs is 1. The van der Waals surface area contributed by atoms with Crippen LogP contribution in [0.25, 0.3) is 5.76 Å². The molecule has 3 aromatic rings. The molecule has 0 aromatic heterocycles. The van der Waals surface area contributed by atoms with E-state index < -0.39 is 17.7 Å². The van der Waals surface area contributed by atoms with Crippen LogP contribution in [0, 0.1) is 0 Å². The SMILES string of the molecule is CCCOc1ccc(C2/C(=C(/O)c3ccc4c(c3)OCCO4)C(=O)C(=O)N2c2cccc(OC)c2)cc1. The van der Waals surface area contributed by atoms with Gasteiger partial charge in [0.05, 0.1) is 25.3 Å². The summed E-state index contributed by atoms with van der Waals surface area (Å²) in [5.74, 6) is 0.404. The molecule has 2 heterocycles. The standard InChI is InChI=1S/C29H27NO7/c1-3-13-35-21-10-7-18(8-11-21)26-25(27(31)19-9-12-23-24(16-19)37-15-14-36-23)28(32)29(33)30(26)20-5-4-6-22(17-20)34-2/h4-12,16-17,26,31H,3,13-15H2,1-2H3/b27-25-. The predicted octanol–water partition coefficient (Wildman–Crippen LogP) is 4.88. The van der Waals surface area contributed by atoms with Crippen LogP contribution in [0.1, 0.15) is 30.5 Å². The molecule has 5 rings (SSSR count). The summed E-state index contributed by atoms with van der Waals surface area (Å²) >= 11 is 0. The lowest BCUT2D eigenvalue weighted by atomic mass is 9.95. The van der Waals surface area contributed by atoms with Crippen LogP contribution in [0.2, 0.25) is 0 Å². The van der Waals surface area contributed by atoms with E-state index >= 15 is 0 Å². The van der Waals surface area contributed by atoms with Gasteiger partial charge in [-0.25, -0.2) is 0 Å². The second-order valence-electron chi connectivity index (χ2n) is 8.65. The molecule has 0 saturated carbocycles. The van der Waals surface area contributed by atoms with Gasteiger partial charge >= 0.3 is 0 Å². The first-order valence-corrected chi connectivity index (χ1v) is 12.1. The third kappa shape index (κ3) is 4.58. The summed E-state index contributed by atoms with van der Waals surface area (Å²) in [7, 11) is 1.53. The highest BCUT2D eigenvalue weighted by molar-refractivity contribution is 6.51. The molecule has 2 aliphatic heterocycles. The highest BCUT2D eigenvalue weighted by Gasteiger charge is 2.47. The molecule has 1 saturated heterocycles. The number of anilines is 1. The van der Waals surface area contributed by atoms with Gasteiger partial charge in [0.1, 0.15) is 30.5 Å². The molecular formula is C29H27NO7. The van der Waals surface area contributed by atoms with Gasteiger partial charge in [-0.05, 0) is 54.4 Å². The average molecular weight is 502 g/mol. The van der Waals surface area contributed by atoms with Gasteiger partial charge in [-0.3, -0.25) is 14.5 Å². The van der Waals surface area contributed by atoms with Gasteiger partial charge in [-0.1, -0.05) is 25.1 Å². The number of nitrogens with zero attached hydrogens (tertiary/aromatic N) is 1. The molecule has 8 heteroatoms. The largest absolute Gasteiger partial charge is 0.507 e. The first-order chi connectivity index (χ1) is 18.0. The van der Waals surface area contributed by atoms with Crippen LogP contribution < -0.4 is 23.8 Å². The summed E-state index contributed by atoms with van der Waals surface area (Å²) in [6.45, 7) is 3.41. The fourth-order valence-electron chi connectivity index (χ4n) is 4.49. The molecule has 0 spiro atoms. The molecule has 1 amide bonds. The smallest absolute Gasteiger partial charge is 0.300 e. The molecule has 0 bridgehead atoms. The van der Waals surface area contributed by atoms with Gasteiger partial charge in [0.15, 0.2) is 11.5 Å². The predicted molar refractivity (Wildman–Crippen MR) is 137 cm³/mol. The third-order valence-electron chi connectivity index (χ3n) is 6.26. The van der Waals surface area contributed by atoms with Gasteiger partial charge in [0, 0.05) is 17.3 Å². The van der Waals surface area contributed by atoms with Gasteiger partial charge < -0.3 is 24.1 Å². The van der Waals surface area contributed by atoms with Crippen molar-refractivity contribution in [2.75, 3.05) is 31.8 Å². The third-order valence-corrected chi connectivity index (χ3v) is 6.26. The fourth-order valence-corrected chi connectivity index (χ4v) is 4.49. The van der Waals surface area contributed by atoms with Crippen molar-refractivity contribution in [2.24, 2.45) is 0 Å². The number of methoxy groups -OCH3 is 1. The van der Waals surface area contributed by atoms with Crippen LogP contribution in [0.5, 0.6) is 23.0 Å². The Labute approximate surface area is 214 Å². The van der Waals surface area contributed by atoms with Crippen molar-refractivity contribution in [3.8, 4) is 23.0 Å². The quantitative estimate of drug-likeness (QED) is 0.280.